The van der Waals surface area contributed by atoms with Gasteiger partial charge in [0.25, 0.3) is 0 Å². The molecule has 0 radical (unpaired) electrons. The molecule has 0 spiro atoms. The quantitative estimate of drug-likeness (QED) is 0.349. The lowest BCUT2D eigenvalue weighted by Crippen LogP contribution is -2.52. The summed E-state index contributed by atoms with van der Waals surface area (Å²) >= 11 is 0. The molecule has 206 valence electrons. The molecule has 0 aromatic heterocycles. The average molecular weight is 530 g/mol. The van der Waals surface area contributed by atoms with Crippen LogP contribution in [-0.4, -0.2) is 52.1 Å². The van der Waals surface area contributed by atoms with E-state index in [4.69, 9.17) is 0 Å². The van der Waals surface area contributed by atoms with E-state index in [1.165, 1.54) is 4.90 Å². The van der Waals surface area contributed by atoms with Gasteiger partial charge >= 0.3 is 0 Å². The summed E-state index contributed by atoms with van der Waals surface area (Å²) in [6, 6.07) is 16.7. The maximum Gasteiger partial charge on any atom is 0.243 e. The number of amides is 4. The topological polar surface area (TPSA) is 86.8 Å². The predicted octanol–water partition coefficient (Wildman–Crippen LogP) is 4.19. The number of hydrogen-bond donors (Lipinski definition) is 1. The first-order valence-corrected chi connectivity index (χ1v) is 14.0. The summed E-state index contributed by atoms with van der Waals surface area (Å²) in [4.78, 5) is 56.4. The Labute approximate surface area is 231 Å². The van der Waals surface area contributed by atoms with Crippen LogP contribution in [0, 0.1) is 18.8 Å². The van der Waals surface area contributed by atoms with Crippen LogP contribution in [0.25, 0.3) is 0 Å². The first-order chi connectivity index (χ1) is 18.8. The van der Waals surface area contributed by atoms with Gasteiger partial charge in [0.1, 0.15) is 6.04 Å². The molecule has 1 saturated heterocycles. The van der Waals surface area contributed by atoms with Crippen LogP contribution in [0.4, 0.5) is 0 Å². The smallest absolute Gasteiger partial charge is 0.243 e. The zero-order valence-electron chi connectivity index (χ0n) is 23.1. The Bertz CT molecular complexity index is 1200. The second kappa shape index (κ2) is 12.9. The van der Waals surface area contributed by atoms with Crippen LogP contribution in [0.1, 0.15) is 56.2 Å². The number of allylic oxidation sites excluding steroid dienone is 2. The molecule has 2 aromatic rings. The van der Waals surface area contributed by atoms with Crippen molar-refractivity contribution in [3.05, 3.63) is 83.4 Å². The molecule has 7 nitrogen and oxygen atoms in total. The van der Waals surface area contributed by atoms with E-state index in [-0.39, 0.29) is 61.0 Å². The zero-order valence-corrected chi connectivity index (χ0v) is 23.1. The van der Waals surface area contributed by atoms with E-state index in [9.17, 15) is 19.2 Å². The predicted molar refractivity (Wildman–Crippen MR) is 150 cm³/mol. The molecule has 0 saturated carbocycles. The van der Waals surface area contributed by atoms with E-state index >= 15 is 0 Å². The minimum atomic E-state index is -0.745. The number of hydrogen-bond acceptors (Lipinski definition) is 4. The van der Waals surface area contributed by atoms with E-state index in [0.717, 1.165) is 23.1 Å². The molecule has 4 atom stereocenters. The number of carbonyl (C=O) groups excluding carboxylic acids is 4. The standard InChI is InChI=1S/C32H39N3O4/c1-4-23(3)33-30(37)28(20-24-13-6-5-7-14-24)35(21-25-15-9-8-12-22(25)2)29(36)18-19-34-31(38)26-16-10-11-17-27(26)32(34)39/h5-15,23,26-28H,4,16-21H2,1-3H3,(H,33,37)/t23-,26-,27+,28+/m0/s1. The molecule has 7 heteroatoms. The van der Waals surface area contributed by atoms with Crippen LogP contribution in [-0.2, 0) is 32.1 Å². The van der Waals surface area contributed by atoms with E-state index in [1.54, 1.807) is 4.90 Å². The van der Waals surface area contributed by atoms with E-state index in [1.807, 2.05) is 87.5 Å². The number of likely N-dealkylation sites (tertiary alicyclic amines) is 1. The zero-order chi connectivity index (χ0) is 27.9. The fraction of sp³-hybridized carbons (Fsp3) is 0.438. The van der Waals surface area contributed by atoms with Gasteiger partial charge in [0.15, 0.2) is 0 Å². The molecule has 4 rings (SSSR count). The third-order valence-electron chi connectivity index (χ3n) is 8.02. The molecule has 1 N–H and O–H groups in total. The molecule has 1 heterocycles. The van der Waals surface area contributed by atoms with Gasteiger partial charge in [-0.3, -0.25) is 24.1 Å². The number of benzene rings is 2. The fourth-order valence-electron chi connectivity index (χ4n) is 5.41. The largest absolute Gasteiger partial charge is 0.352 e. The second-order valence-corrected chi connectivity index (χ2v) is 10.7. The van der Waals surface area contributed by atoms with Crippen LogP contribution in [0.2, 0.25) is 0 Å². The first kappa shape index (κ1) is 28.3. The van der Waals surface area contributed by atoms with Gasteiger partial charge < -0.3 is 10.2 Å². The van der Waals surface area contributed by atoms with Gasteiger partial charge in [0.2, 0.25) is 23.6 Å². The van der Waals surface area contributed by atoms with E-state index < -0.39 is 6.04 Å². The maximum absolute atomic E-state index is 13.9. The molecule has 4 amide bonds. The number of aryl methyl sites for hydroxylation is 1. The summed E-state index contributed by atoms with van der Waals surface area (Å²) in [5, 5.41) is 3.07. The Morgan fingerprint density at radius 1 is 0.974 bits per heavy atom. The molecule has 1 fully saturated rings. The molecule has 0 bridgehead atoms. The van der Waals surface area contributed by atoms with Crippen molar-refractivity contribution in [2.75, 3.05) is 6.54 Å². The SMILES string of the molecule is CC[C@H](C)NC(=O)[C@@H](Cc1ccccc1)N(Cc1ccccc1C)C(=O)CCN1C(=O)[C@H]2CC=CC[C@H]2C1=O. The first-order valence-electron chi connectivity index (χ1n) is 14.0. The average Bonchev–Trinajstić information content (AvgIpc) is 3.19. The second-order valence-electron chi connectivity index (χ2n) is 10.7. The van der Waals surface area contributed by atoms with Crippen LogP contribution >= 0.6 is 0 Å². The van der Waals surface area contributed by atoms with E-state index in [0.29, 0.717) is 19.3 Å². The monoisotopic (exact) mass is 529 g/mol. The van der Waals surface area contributed by atoms with Gasteiger partial charge in [-0.25, -0.2) is 0 Å². The van der Waals surface area contributed by atoms with Gasteiger partial charge in [0, 0.05) is 32.0 Å². The van der Waals surface area contributed by atoms with Crippen molar-refractivity contribution < 1.29 is 19.2 Å². The molecule has 2 aromatic carbocycles. The Morgan fingerprint density at radius 2 is 1.59 bits per heavy atom. The summed E-state index contributed by atoms with van der Waals surface area (Å²) in [7, 11) is 0. The number of rotatable bonds is 11. The van der Waals surface area contributed by atoms with Gasteiger partial charge in [0.05, 0.1) is 11.8 Å². The van der Waals surface area contributed by atoms with Gasteiger partial charge in [-0.15, -0.1) is 0 Å². The summed E-state index contributed by atoms with van der Waals surface area (Å²) in [5.41, 5.74) is 2.93. The summed E-state index contributed by atoms with van der Waals surface area (Å²) < 4.78 is 0. The fourth-order valence-corrected chi connectivity index (χ4v) is 5.41. The molecule has 2 aliphatic rings. The highest BCUT2D eigenvalue weighted by Gasteiger charge is 2.47. The Hall–Kier alpha value is -3.74. The van der Waals surface area contributed by atoms with Crippen LogP contribution in [0.15, 0.2) is 66.7 Å². The molecule has 0 unspecified atom stereocenters. The number of imide groups is 1. The Balaban J connectivity index is 1.60. The minimum absolute atomic E-state index is 0.0266. The maximum atomic E-state index is 13.9. The van der Waals surface area contributed by atoms with Crippen molar-refractivity contribution in [3.8, 4) is 0 Å². The molecular weight excluding hydrogens is 490 g/mol. The highest BCUT2D eigenvalue weighted by Crippen LogP contribution is 2.35. The van der Waals surface area contributed by atoms with Crippen molar-refractivity contribution in [2.24, 2.45) is 11.8 Å². The van der Waals surface area contributed by atoms with Gasteiger partial charge in [-0.2, -0.15) is 0 Å². The van der Waals surface area contributed by atoms with E-state index in [2.05, 4.69) is 5.32 Å². The molecule has 39 heavy (non-hydrogen) atoms. The van der Waals surface area contributed by atoms with Crippen molar-refractivity contribution in [2.45, 2.75) is 71.5 Å². The Morgan fingerprint density at radius 3 is 2.21 bits per heavy atom. The number of nitrogens with one attached hydrogen (secondary N) is 1. The van der Waals surface area contributed by atoms with Crippen LogP contribution < -0.4 is 5.32 Å². The highest BCUT2D eigenvalue weighted by molar-refractivity contribution is 6.05. The third kappa shape index (κ3) is 6.64. The van der Waals surface area contributed by atoms with Gasteiger partial charge in [-0.05, 0) is 49.8 Å². The molecule has 1 aliphatic carbocycles. The van der Waals surface area contributed by atoms with Crippen LogP contribution in [0.5, 0.6) is 0 Å². The number of carbonyl (C=O) groups is 4. The van der Waals surface area contributed by atoms with Crippen molar-refractivity contribution in [3.63, 3.8) is 0 Å². The third-order valence-corrected chi connectivity index (χ3v) is 8.02. The van der Waals surface area contributed by atoms with Gasteiger partial charge in [-0.1, -0.05) is 73.7 Å². The lowest BCUT2D eigenvalue weighted by atomic mass is 9.85. The van der Waals surface area contributed by atoms with Crippen molar-refractivity contribution >= 4 is 23.6 Å². The lowest BCUT2D eigenvalue weighted by molar-refractivity contribution is -0.144. The molecular formula is C32H39N3O4. The van der Waals surface area contributed by atoms with Crippen molar-refractivity contribution in [1.82, 2.24) is 15.1 Å². The van der Waals surface area contributed by atoms with Crippen LogP contribution in [0.3, 0.4) is 0 Å². The Kier molecular flexibility index (Phi) is 9.33. The summed E-state index contributed by atoms with van der Waals surface area (Å²) in [6.07, 6.45) is 6.13. The number of nitrogens with zero attached hydrogens (tertiary/aromatic N) is 2. The lowest BCUT2D eigenvalue weighted by Gasteiger charge is -2.33. The molecule has 1 aliphatic heterocycles. The normalized spacial score (nSPS) is 19.9. The van der Waals surface area contributed by atoms with Crippen molar-refractivity contribution in [1.29, 1.82) is 0 Å². The highest BCUT2D eigenvalue weighted by atomic mass is 16.2. The summed E-state index contributed by atoms with van der Waals surface area (Å²) in [6.45, 7) is 6.22. The summed E-state index contributed by atoms with van der Waals surface area (Å²) in [5.74, 6) is -1.50. The number of fused-ring (bicyclic) bond motifs is 1. The minimum Gasteiger partial charge on any atom is -0.352 e.